The monoisotopic (exact) mass is 268 g/mol. The van der Waals surface area contributed by atoms with Gasteiger partial charge in [-0.05, 0) is 25.1 Å². The van der Waals surface area contributed by atoms with Crippen LogP contribution in [0.5, 0.6) is 0 Å². The molecule has 1 aromatic carbocycles. The van der Waals surface area contributed by atoms with Gasteiger partial charge in [-0.1, -0.05) is 13.0 Å². The summed E-state index contributed by atoms with van der Waals surface area (Å²) in [4.78, 5) is 13.2. The second kappa shape index (κ2) is 5.02. The van der Waals surface area contributed by atoms with E-state index in [1.54, 1.807) is 0 Å². The third-order valence-electron chi connectivity index (χ3n) is 3.29. The van der Waals surface area contributed by atoms with Crippen LogP contribution >= 0.6 is 0 Å². The largest absolute Gasteiger partial charge is 0.443 e. The molecule has 2 N–H and O–H groups in total. The summed E-state index contributed by atoms with van der Waals surface area (Å²) in [5, 5.41) is 0. The molecule has 2 aromatic heterocycles. The number of nitrogens with two attached hydrogens (primary N) is 1. The Hall–Kier alpha value is -2.27. The highest BCUT2D eigenvalue weighted by molar-refractivity contribution is 5.78. The van der Waals surface area contributed by atoms with Crippen LogP contribution in [0.1, 0.15) is 24.4 Å². The summed E-state index contributed by atoms with van der Waals surface area (Å²) in [5.74, 6) is 0.919. The van der Waals surface area contributed by atoms with Crippen molar-refractivity contribution in [2.24, 2.45) is 5.73 Å². The van der Waals surface area contributed by atoms with Crippen LogP contribution in [0.15, 0.2) is 35.1 Å². The smallest absolute Gasteiger partial charge is 0.181 e. The predicted octanol–water partition coefficient (Wildman–Crippen LogP) is 2.66. The first-order valence-corrected chi connectivity index (χ1v) is 6.56. The zero-order valence-corrected chi connectivity index (χ0v) is 11.5. The molecule has 5 heteroatoms. The molecular formula is C15H16N4O. The Morgan fingerprint density at radius 3 is 2.90 bits per heavy atom. The molecule has 0 spiro atoms. The molecule has 102 valence electrons. The Bertz CT molecular complexity index is 750. The van der Waals surface area contributed by atoms with E-state index in [4.69, 9.17) is 10.2 Å². The van der Waals surface area contributed by atoms with E-state index in [9.17, 15) is 0 Å². The number of aromatic nitrogens is 3. The second-order valence-electron chi connectivity index (χ2n) is 4.92. The van der Waals surface area contributed by atoms with Crippen molar-refractivity contribution in [2.45, 2.75) is 19.8 Å². The van der Waals surface area contributed by atoms with Crippen molar-refractivity contribution in [2.75, 3.05) is 6.54 Å². The first kappa shape index (κ1) is 12.7. The van der Waals surface area contributed by atoms with Crippen LogP contribution in [0.2, 0.25) is 0 Å². The lowest BCUT2D eigenvalue weighted by molar-refractivity contribution is 0.602. The van der Waals surface area contributed by atoms with Gasteiger partial charge in [0.2, 0.25) is 0 Å². The first-order chi connectivity index (χ1) is 9.67. The minimum atomic E-state index is 0.141. The lowest BCUT2D eigenvalue weighted by Crippen LogP contribution is -2.13. The highest BCUT2D eigenvalue weighted by Crippen LogP contribution is 2.24. The molecule has 0 saturated carbocycles. The Morgan fingerprint density at radius 1 is 1.25 bits per heavy atom. The average Bonchev–Trinajstić information content (AvgIpc) is 2.93. The molecule has 0 aliphatic carbocycles. The number of oxazole rings is 1. The van der Waals surface area contributed by atoms with E-state index in [2.05, 4.69) is 15.0 Å². The molecule has 3 rings (SSSR count). The van der Waals surface area contributed by atoms with Crippen molar-refractivity contribution in [3.05, 3.63) is 42.2 Å². The predicted molar refractivity (Wildman–Crippen MR) is 77.2 cm³/mol. The van der Waals surface area contributed by atoms with Crippen molar-refractivity contribution < 1.29 is 4.42 Å². The normalized spacial score (nSPS) is 12.8. The van der Waals surface area contributed by atoms with Crippen molar-refractivity contribution in [3.8, 4) is 11.3 Å². The minimum Gasteiger partial charge on any atom is -0.443 e. The maximum Gasteiger partial charge on any atom is 0.181 e. The van der Waals surface area contributed by atoms with Crippen LogP contribution in [0.3, 0.4) is 0 Å². The molecule has 0 fully saturated rings. The number of aryl methyl sites for hydroxylation is 1. The molecular weight excluding hydrogens is 252 g/mol. The topological polar surface area (TPSA) is 77.8 Å². The number of benzene rings is 1. The van der Waals surface area contributed by atoms with Gasteiger partial charge in [0.15, 0.2) is 12.0 Å². The number of hydrogen-bond acceptors (Lipinski definition) is 5. The third-order valence-corrected chi connectivity index (χ3v) is 3.29. The Labute approximate surface area is 116 Å². The summed E-state index contributed by atoms with van der Waals surface area (Å²) < 4.78 is 5.33. The van der Waals surface area contributed by atoms with Crippen molar-refractivity contribution >= 4 is 11.1 Å². The number of rotatable bonds is 3. The molecule has 1 unspecified atom stereocenters. The fourth-order valence-corrected chi connectivity index (χ4v) is 2.08. The Morgan fingerprint density at radius 2 is 2.10 bits per heavy atom. The van der Waals surface area contributed by atoms with Gasteiger partial charge in [0.25, 0.3) is 0 Å². The van der Waals surface area contributed by atoms with Gasteiger partial charge in [0.1, 0.15) is 11.3 Å². The van der Waals surface area contributed by atoms with Crippen molar-refractivity contribution in [3.63, 3.8) is 0 Å². The van der Waals surface area contributed by atoms with Crippen molar-refractivity contribution in [1.82, 2.24) is 15.0 Å². The number of fused-ring (bicyclic) bond motifs is 1. The molecule has 3 aromatic rings. The zero-order valence-electron chi connectivity index (χ0n) is 11.5. The fraction of sp³-hybridized carbons (Fsp3) is 0.267. The van der Waals surface area contributed by atoms with Crippen LogP contribution in [0, 0.1) is 6.92 Å². The third kappa shape index (κ3) is 2.28. The van der Waals surface area contributed by atoms with Crippen LogP contribution < -0.4 is 5.73 Å². The molecule has 0 bridgehead atoms. The van der Waals surface area contributed by atoms with Crippen LogP contribution in [-0.2, 0) is 0 Å². The SMILES string of the molecule is Cc1cc(-c2ccc3ncoc3c2)nc(C(C)CN)n1. The Kier molecular flexibility index (Phi) is 3.20. The van der Waals surface area contributed by atoms with E-state index < -0.39 is 0 Å². The molecule has 0 aliphatic heterocycles. The summed E-state index contributed by atoms with van der Waals surface area (Å²) in [5.41, 5.74) is 10.1. The van der Waals surface area contributed by atoms with Gasteiger partial charge in [-0.2, -0.15) is 0 Å². The van der Waals surface area contributed by atoms with Crippen LogP contribution in [-0.4, -0.2) is 21.5 Å². The van der Waals surface area contributed by atoms with E-state index in [1.165, 1.54) is 6.39 Å². The van der Waals surface area contributed by atoms with Gasteiger partial charge in [-0.3, -0.25) is 0 Å². The molecule has 5 nitrogen and oxygen atoms in total. The van der Waals surface area contributed by atoms with Crippen LogP contribution in [0.4, 0.5) is 0 Å². The number of hydrogen-bond donors (Lipinski definition) is 1. The van der Waals surface area contributed by atoms with E-state index in [0.717, 1.165) is 33.9 Å². The first-order valence-electron chi connectivity index (χ1n) is 6.56. The molecule has 2 heterocycles. The zero-order chi connectivity index (χ0) is 14.1. The number of nitrogens with zero attached hydrogens (tertiary/aromatic N) is 3. The van der Waals surface area contributed by atoms with Gasteiger partial charge in [-0.25, -0.2) is 15.0 Å². The van der Waals surface area contributed by atoms with Gasteiger partial charge in [0.05, 0.1) is 5.69 Å². The molecule has 0 radical (unpaired) electrons. The van der Waals surface area contributed by atoms with E-state index in [0.29, 0.717) is 6.54 Å². The fourth-order valence-electron chi connectivity index (χ4n) is 2.08. The second-order valence-corrected chi connectivity index (χ2v) is 4.92. The van der Waals surface area contributed by atoms with E-state index in [-0.39, 0.29) is 5.92 Å². The van der Waals surface area contributed by atoms with E-state index >= 15 is 0 Å². The molecule has 1 atom stereocenters. The summed E-state index contributed by atoms with van der Waals surface area (Å²) in [6, 6.07) is 7.83. The van der Waals surface area contributed by atoms with E-state index in [1.807, 2.05) is 38.1 Å². The summed E-state index contributed by atoms with van der Waals surface area (Å²) >= 11 is 0. The van der Waals surface area contributed by atoms with Gasteiger partial charge in [-0.15, -0.1) is 0 Å². The molecule has 0 amide bonds. The summed E-state index contributed by atoms with van der Waals surface area (Å²) in [6.07, 6.45) is 1.45. The average molecular weight is 268 g/mol. The molecule has 20 heavy (non-hydrogen) atoms. The van der Waals surface area contributed by atoms with Crippen molar-refractivity contribution in [1.29, 1.82) is 0 Å². The quantitative estimate of drug-likeness (QED) is 0.790. The maximum absolute atomic E-state index is 5.70. The lowest BCUT2D eigenvalue weighted by atomic mass is 10.1. The maximum atomic E-state index is 5.70. The highest BCUT2D eigenvalue weighted by atomic mass is 16.3. The minimum absolute atomic E-state index is 0.141. The molecule has 0 aliphatic rings. The lowest BCUT2D eigenvalue weighted by Gasteiger charge is -2.10. The molecule has 0 saturated heterocycles. The van der Waals surface area contributed by atoms with Gasteiger partial charge in [0, 0.05) is 23.7 Å². The van der Waals surface area contributed by atoms with Crippen LogP contribution in [0.25, 0.3) is 22.4 Å². The summed E-state index contributed by atoms with van der Waals surface area (Å²) in [6.45, 7) is 4.52. The van der Waals surface area contributed by atoms with Gasteiger partial charge < -0.3 is 10.2 Å². The standard InChI is InChI=1S/C15H16N4O/c1-9(7-16)15-18-10(2)5-13(19-15)11-3-4-12-14(6-11)20-8-17-12/h3-6,8-9H,7,16H2,1-2H3. The Balaban J connectivity index is 2.10. The highest BCUT2D eigenvalue weighted by Gasteiger charge is 2.11. The summed E-state index contributed by atoms with van der Waals surface area (Å²) in [7, 11) is 0. The van der Waals surface area contributed by atoms with Gasteiger partial charge >= 0.3 is 0 Å².